The zero-order valence-electron chi connectivity index (χ0n) is 21.0. The predicted octanol–water partition coefficient (Wildman–Crippen LogP) is 3.68. The molecule has 2 amide bonds. The van der Waals surface area contributed by atoms with Gasteiger partial charge in [0.15, 0.2) is 0 Å². The second-order valence-corrected chi connectivity index (χ2v) is 10.7. The Balaban J connectivity index is 1.34. The second kappa shape index (κ2) is 9.27. The number of nitro groups is 1. The van der Waals surface area contributed by atoms with Gasteiger partial charge in [0.2, 0.25) is 5.56 Å². The molecule has 0 bridgehead atoms. The van der Waals surface area contributed by atoms with E-state index >= 15 is 0 Å². The number of anilines is 1. The van der Waals surface area contributed by atoms with E-state index in [2.05, 4.69) is 20.9 Å². The molecule has 38 heavy (non-hydrogen) atoms. The number of H-pyrrole nitrogens is 1. The summed E-state index contributed by atoms with van der Waals surface area (Å²) in [6.07, 6.45) is 4.39. The summed E-state index contributed by atoms with van der Waals surface area (Å²) >= 11 is 0. The van der Waals surface area contributed by atoms with Crippen molar-refractivity contribution >= 4 is 34.1 Å². The van der Waals surface area contributed by atoms with E-state index in [0.29, 0.717) is 22.7 Å². The summed E-state index contributed by atoms with van der Waals surface area (Å²) in [5, 5.41) is 21.8. The maximum atomic E-state index is 13.5. The highest BCUT2D eigenvalue weighted by Crippen LogP contribution is 2.51. The number of nitrogens with zero attached hydrogens (tertiary/aromatic N) is 1. The first kappa shape index (κ1) is 24.1. The average molecular weight is 516 g/mol. The smallest absolute Gasteiger partial charge is 0.293 e. The lowest BCUT2D eigenvalue weighted by Crippen LogP contribution is -2.49. The van der Waals surface area contributed by atoms with Gasteiger partial charge in [0, 0.05) is 42.2 Å². The number of nitrogens with one attached hydrogen (secondary N) is 4. The van der Waals surface area contributed by atoms with Crippen LogP contribution in [-0.2, 0) is 0 Å². The van der Waals surface area contributed by atoms with E-state index < -0.39 is 10.8 Å². The quantitative estimate of drug-likeness (QED) is 0.279. The average Bonchev–Trinajstić information content (AvgIpc) is 3.83. The Hall–Kier alpha value is -4.21. The van der Waals surface area contributed by atoms with E-state index in [1.807, 2.05) is 6.07 Å². The highest BCUT2D eigenvalue weighted by Gasteiger charge is 2.47. The first-order chi connectivity index (χ1) is 18.3. The summed E-state index contributed by atoms with van der Waals surface area (Å²) in [5.41, 5.74) is 1.60. The molecule has 3 aliphatic rings. The fourth-order valence-electron chi connectivity index (χ4n) is 5.92. The van der Waals surface area contributed by atoms with Gasteiger partial charge in [-0.25, -0.2) is 0 Å². The number of carbonyl (C=O) groups excluding carboxylic acids is 2. The molecule has 4 atom stereocenters. The van der Waals surface area contributed by atoms with Crippen molar-refractivity contribution in [1.29, 1.82) is 0 Å². The van der Waals surface area contributed by atoms with Gasteiger partial charge in [0.25, 0.3) is 17.5 Å². The van der Waals surface area contributed by atoms with Crippen LogP contribution in [0.4, 0.5) is 11.4 Å². The van der Waals surface area contributed by atoms with Crippen LogP contribution >= 0.6 is 0 Å². The minimum absolute atomic E-state index is 0.128. The standard InChI is InChI=1S/C28H29N5O5/c1-29-27(35)20-9-17(14-6-7-14)12-24(33(37)38)26(20)31-22-10-15-8-16(15)11-23(22)32-28(36)19-13-25(34)30-21-5-3-2-4-18(19)21/h2-5,9,12-16,22-23,31H,6-8,10-11H2,1H3,(H,29,35)(H,30,34)(H,32,36)/t15?,16?,22-,23+/m1/s1. The van der Waals surface area contributed by atoms with Gasteiger partial charge in [0.05, 0.1) is 16.1 Å². The van der Waals surface area contributed by atoms with E-state index in [1.54, 1.807) is 30.3 Å². The number of pyridine rings is 1. The zero-order chi connectivity index (χ0) is 26.6. The number of nitro benzene ring substituents is 1. The predicted molar refractivity (Wildman–Crippen MR) is 143 cm³/mol. The summed E-state index contributed by atoms with van der Waals surface area (Å²) < 4.78 is 0. The van der Waals surface area contributed by atoms with Crippen molar-refractivity contribution < 1.29 is 14.5 Å². The van der Waals surface area contributed by atoms with E-state index in [9.17, 15) is 24.5 Å². The molecule has 10 nitrogen and oxygen atoms in total. The van der Waals surface area contributed by atoms with Crippen LogP contribution in [0.2, 0.25) is 0 Å². The minimum atomic E-state index is -0.445. The topological polar surface area (TPSA) is 146 Å². The first-order valence-electron chi connectivity index (χ1n) is 13.1. The molecule has 2 unspecified atom stereocenters. The molecule has 0 aliphatic heterocycles. The molecule has 196 valence electrons. The molecule has 1 heterocycles. The van der Waals surface area contributed by atoms with Gasteiger partial charge in [-0.1, -0.05) is 18.2 Å². The molecule has 10 heteroatoms. The van der Waals surface area contributed by atoms with E-state index in [1.165, 1.54) is 13.1 Å². The molecule has 1 aromatic heterocycles. The Morgan fingerprint density at radius 1 is 0.974 bits per heavy atom. The lowest BCUT2D eigenvalue weighted by atomic mass is 9.89. The maximum absolute atomic E-state index is 13.5. The van der Waals surface area contributed by atoms with Gasteiger partial charge in [-0.2, -0.15) is 0 Å². The summed E-state index contributed by atoms with van der Waals surface area (Å²) in [7, 11) is 1.51. The summed E-state index contributed by atoms with van der Waals surface area (Å²) in [4.78, 5) is 53.0. The van der Waals surface area contributed by atoms with Gasteiger partial charge in [0.1, 0.15) is 5.69 Å². The van der Waals surface area contributed by atoms with Crippen LogP contribution in [0, 0.1) is 22.0 Å². The van der Waals surface area contributed by atoms with Crippen molar-refractivity contribution in [3.05, 3.63) is 79.6 Å². The number of para-hydroxylation sites is 1. The molecule has 3 fully saturated rings. The molecular weight excluding hydrogens is 486 g/mol. The molecule has 6 rings (SSSR count). The van der Waals surface area contributed by atoms with Gasteiger partial charge >= 0.3 is 0 Å². The molecule has 4 N–H and O–H groups in total. The molecule has 3 aromatic rings. The normalized spacial score (nSPS) is 23.8. The number of rotatable bonds is 7. The number of amides is 2. The third-order valence-corrected chi connectivity index (χ3v) is 8.17. The van der Waals surface area contributed by atoms with E-state index in [4.69, 9.17) is 0 Å². The summed E-state index contributed by atoms with van der Waals surface area (Å²) in [5.74, 6) is 0.445. The van der Waals surface area contributed by atoms with Crippen LogP contribution < -0.4 is 21.5 Å². The summed E-state index contributed by atoms with van der Waals surface area (Å²) in [6, 6.07) is 11.1. The van der Waals surface area contributed by atoms with Crippen molar-refractivity contribution in [1.82, 2.24) is 15.6 Å². The van der Waals surface area contributed by atoms with Gasteiger partial charge in [-0.15, -0.1) is 0 Å². The van der Waals surface area contributed by atoms with Gasteiger partial charge in [-0.3, -0.25) is 24.5 Å². The van der Waals surface area contributed by atoms with Gasteiger partial charge < -0.3 is 20.9 Å². The highest BCUT2D eigenvalue weighted by molar-refractivity contribution is 6.06. The number of aromatic amines is 1. The fourth-order valence-corrected chi connectivity index (χ4v) is 5.92. The van der Waals surface area contributed by atoms with E-state index in [0.717, 1.165) is 37.7 Å². The Kier molecular flexibility index (Phi) is 5.89. The largest absolute Gasteiger partial charge is 0.374 e. The van der Waals surface area contributed by atoms with Crippen LogP contribution in [0.3, 0.4) is 0 Å². The van der Waals surface area contributed by atoms with Crippen LogP contribution in [-0.4, -0.2) is 40.9 Å². The third kappa shape index (κ3) is 4.51. The Morgan fingerprint density at radius 3 is 2.42 bits per heavy atom. The molecule has 0 spiro atoms. The Bertz CT molecular complexity index is 1530. The van der Waals surface area contributed by atoms with Crippen molar-refractivity contribution in [3.8, 4) is 0 Å². The maximum Gasteiger partial charge on any atom is 0.293 e. The van der Waals surface area contributed by atoms with Crippen molar-refractivity contribution in [3.63, 3.8) is 0 Å². The number of benzene rings is 2. The zero-order valence-corrected chi connectivity index (χ0v) is 21.0. The molecule has 3 saturated carbocycles. The first-order valence-corrected chi connectivity index (χ1v) is 13.1. The van der Waals surface area contributed by atoms with Crippen molar-refractivity contribution in [2.24, 2.45) is 11.8 Å². The van der Waals surface area contributed by atoms with Gasteiger partial charge in [-0.05, 0) is 67.6 Å². The molecule has 0 saturated heterocycles. The monoisotopic (exact) mass is 515 g/mol. The fraction of sp³-hybridized carbons (Fsp3) is 0.393. The van der Waals surface area contributed by atoms with Crippen LogP contribution in [0.5, 0.6) is 0 Å². The lowest BCUT2D eigenvalue weighted by molar-refractivity contribution is -0.384. The molecule has 0 radical (unpaired) electrons. The number of carbonyl (C=O) groups is 2. The van der Waals surface area contributed by atoms with Crippen LogP contribution in [0.1, 0.15) is 64.3 Å². The van der Waals surface area contributed by atoms with Crippen molar-refractivity contribution in [2.75, 3.05) is 12.4 Å². The molecule has 2 aromatic carbocycles. The second-order valence-electron chi connectivity index (χ2n) is 10.7. The highest BCUT2D eigenvalue weighted by atomic mass is 16.6. The minimum Gasteiger partial charge on any atom is -0.374 e. The lowest BCUT2D eigenvalue weighted by Gasteiger charge is -2.33. The number of hydrogen-bond donors (Lipinski definition) is 4. The summed E-state index contributed by atoms with van der Waals surface area (Å²) in [6.45, 7) is 0. The van der Waals surface area contributed by atoms with Crippen LogP contribution in [0.25, 0.3) is 10.9 Å². The molecular formula is C28H29N5O5. The SMILES string of the molecule is CNC(=O)c1cc(C2CC2)cc([N+](=O)[O-])c1N[C@@H]1CC2CC2C[C@@H]1NC(=O)c1cc(=O)[nH]c2ccccc12. The number of hydrogen-bond acceptors (Lipinski definition) is 6. The van der Waals surface area contributed by atoms with Crippen molar-refractivity contribution in [2.45, 2.75) is 50.1 Å². The Morgan fingerprint density at radius 2 is 1.71 bits per heavy atom. The third-order valence-electron chi connectivity index (χ3n) is 8.17. The van der Waals surface area contributed by atoms with E-state index in [-0.39, 0.29) is 52.0 Å². The number of aromatic nitrogens is 1. The Labute approximate surface area is 218 Å². The number of fused-ring (bicyclic) bond motifs is 2. The van der Waals surface area contributed by atoms with Crippen LogP contribution in [0.15, 0.2) is 47.3 Å². The molecule has 3 aliphatic carbocycles.